The number of rotatable bonds is 4. The molecule has 2 unspecified atom stereocenters. The maximum Gasteiger partial charge on any atom is 0.410 e. The number of morpholine rings is 1. The van der Waals surface area contributed by atoms with Gasteiger partial charge in [-0.3, -0.25) is 4.90 Å². The lowest BCUT2D eigenvalue weighted by Crippen LogP contribution is -2.64. The fraction of sp³-hybridized carbons (Fsp3) is 0.938. The van der Waals surface area contributed by atoms with Crippen molar-refractivity contribution in [2.24, 2.45) is 0 Å². The Bertz CT molecular complexity index is 378. The Morgan fingerprint density at radius 3 is 2.41 bits per heavy atom. The van der Waals surface area contributed by atoms with Gasteiger partial charge in [-0.2, -0.15) is 0 Å². The van der Waals surface area contributed by atoms with Crippen LogP contribution in [-0.2, 0) is 14.2 Å². The van der Waals surface area contributed by atoms with E-state index >= 15 is 0 Å². The van der Waals surface area contributed by atoms with Gasteiger partial charge < -0.3 is 19.3 Å². The number of piperidine rings is 1. The molecule has 22 heavy (non-hydrogen) atoms. The first kappa shape index (κ1) is 17.5. The third kappa shape index (κ3) is 4.33. The molecule has 1 N–H and O–H groups in total. The van der Waals surface area contributed by atoms with E-state index in [1.54, 1.807) is 12.0 Å². The summed E-state index contributed by atoms with van der Waals surface area (Å²) in [7, 11) is 1.66. The molecule has 0 aromatic heterocycles. The Morgan fingerprint density at radius 2 is 1.91 bits per heavy atom. The highest BCUT2D eigenvalue weighted by Crippen LogP contribution is 2.37. The van der Waals surface area contributed by atoms with Crippen LogP contribution < -0.4 is 0 Å². The molecule has 2 fully saturated rings. The van der Waals surface area contributed by atoms with Gasteiger partial charge in [-0.1, -0.05) is 0 Å². The summed E-state index contributed by atoms with van der Waals surface area (Å²) in [5.41, 5.74) is -1.26. The summed E-state index contributed by atoms with van der Waals surface area (Å²) in [5.74, 6) is 0. The minimum Gasteiger partial charge on any atom is -0.444 e. The molecule has 128 valence electrons. The summed E-state index contributed by atoms with van der Waals surface area (Å²) in [6.07, 6.45) is 2.28. The van der Waals surface area contributed by atoms with E-state index in [2.05, 4.69) is 0 Å². The first-order valence-corrected chi connectivity index (χ1v) is 8.04. The van der Waals surface area contributed by atoms with Gasteiger partial charge in [0.15, 0.2) is 0 Å². The van der Waals surface area contributed by atoms with Crippen LogP contribution in [0, 0.1) is 0 Å². The van der Waals surface area contributed by atoms with Crippen LogP contribution in [0.2, 0.25) is 0 Å². The molecule has 0 aliphatic carbocycles. The molecule has 6 nitrogen and oxygen atoms in total. The number of nitrogens with zero attached hydrogens (tertiary/aromatic N) is 1. The third-order valence-corrected chi connectivity index (χ3v) is 4.23. The molecule has 2 heterocycles. The van der Waals surface area contributed by atoms with Crippen LogP contribution in [0.5, 0.6) is 0 Å². The Balaban J connectivity index is 2.03. The van der Waals surface area contributed by atoms with Crippen LogP contribution in [-0.4, -0.2) is 66.3 Å². The normalized spacial score (nSPS) is 32.0. The predicted molar refractivity (Wildman–Crippen MR) is 81.8 cm³/mol. The van der Waals surface area contributed by atoms with Crippen molar-refractivity contribution in [1.82, 2.24) is 4.90 Å². The zero-order valence-corrected chi connectivity index (χ0v) is 14.1. The average molecular weight is 315 g/mol. The van der Waals surface area contributed by atoms with Crippen LogP contribution in [0.25, 0.3) is 0 Å². The standard InChI is InChI=1S/C16H29NO5/c1-15(2,3)22-14(18)17-12-8-16(19,6-5-7-20-4)9-13(17)11-21-10-12/h12-13,19H,5-11H2,1-4H3. The third-order valence-electron chi connectivity index (χ3n) is 4.23. The monoisotopic (exact) mass is 315 g/mol. The minimum absolute atomic E-state index is 0.116. The first-order valence-electron chi connectivity index (χ1n) is 8.04. The van der Waals surface area contributed by atoms with Crippen molar-refractivity contribution in [2.75, 3.05) is 26.9 Å². The average Bonchev–Trinajstić information content (AvgIpc) is 2.35. The van der Waals surface area contributed by atoms with E-state index in [-0.39, 0.29) is 18.2 Å². The van der Waals surface area contributed by atoms with E-state index in [1.807, 2.05) is 20.8 Å². The van der Waals surface area contributed by atoms with Crippen LogP contribution in [0.1, 0.15) is 46.5 Å². The van der Waals surface area contributed by atoms with Crippen LogP contribution in [0.3, 0.4) is 0 Å². The highest BCUT2D eigenvalue weighted by atomic mass is 16.6. The largest absolute Gasteiger partial charge is 0.444 e. The topological polar surface area (TPSA) is 68.2 Å². The second-order valence-electron chi connectivity index (χ2n) is 7.46. The molecule has 0 spiro atoms. The molecule has 0 saturated carbocycles. The Kier molecular flexibility index (Phi) is 5.35. The van der Waals surface area contributed by atoms with Crippen molar-refractivity contribution in [3.63, 3.8) is 0 Å². The van der Waals surface area contributed by atoms with Crippen molar-refractivity contribution in [3.05, 3.63) is 0 Å². The molecule has 2 atom stereocenters. The van der Waals surface area contributed by atoms with E-state index in [4.69, 9.17) is 14.2 Å². The van der Waals surface area contributed by atoms with Crippen molar-refractivity contribution in [2.45, 2.75) is 69.7 Å². The molecule has 0 aromatic rings. The van der Waals surface area contributed by atoms with Gasteiger partial charge in [0.25, 0.3) is 0 Å². The highest BCUT2D eigenvalue weighted by Gasteiger charge is 2.48. The fourth-order valence-electron chi connectivity index (χ4n) is 3.44. The molecule has 2 aliphatic rings. The lowest BCUT2D eigenvalue weighted by atomic mass is 9.78. The summed E-state index contributed by atoms with van der Waals surface area (Å²) in [6, 6.07) is -0.232. The number of hydrogen-bond acceptors (Lipinski definition) is 5. The van der Waals surface area contributed by atoms with Gasteiger partial charge in [-0.25, -0.2) is 4.79 Å². The van der Waals surface area contributed by atoms with Gasteiger partial charge in [-0.05, 0) is 46.5 Å². The zero-order chi connectivity index (χ0) is 16.4. The van der Waals surface area contributed by atoms with E-state index in [0.29, 0.717) is 39.1 Å². The van der Waals surface area contributed by atoms with Crippen molar-refractivity contribution in [3.8, 4) is 0 Å². The molecule has 0 radical (unpaired) electrons. The number of ether oxygens (including phenoxy) is 3. The van der Waals surface area contributed by atoms with E-state index in [9.17, 15) is 9.90 Å². The second kappa shape index (κ2) is 6.72. The smallest absolute Gasteiger partial charge is 0.410 e. The summed E-state index contributed by atoms with van der Waals surface area (Å²) in [4.78, 5) is 14.2. The second-order valence-corrected chi connectivity index (χ2v) is 7.46. The SMILES string of the molecule is COCCCC1(O)CC2COCC(C1)N2C(=O)OC(C)(C)C. The van der Waals surface area contributed by atoms with Gasteiger partial charge in [0.1, 0.15) is 5.60 Å². The van der Waals surface area contributed by atoms with Gasteiger partial charge in [0.2, 0.25) is 0 Å². The van der Waals surface area contributed by atoms with Crippen molar-refractivity contribution < 1.29 is 24.1 Å². The number of aliphatic hydroxyl groups is 1. The van der Waals surface area contributed by atoms with Crippen LogP contribution in [0.15, 0.2) is 0 Å². The molecule has 2 rings (SSSR count). The Labute approximate surface area is 132 Å². The van der Waals surface area contributed by atoms with E-state index < -0.39 is 11.2 Å². The van der Waals surface area contributed by atoms with Gasteiger partial charge in [0.05, 0.1) is 30.9 Å². The molecule has 6 heteroatoms. The molecule has 2 aliphatic heterocycles. The predicted octanol–water partition coefficient (Wildman–Crippen LogP) is 1.94. The van der Waals surface area contributed by atoms with E-state index in [0.717, 1.165) is 6.42 Å². The van der Waals surface area contributed by atoms with E-state index in [1.165, 1.54) is 0 Å². The lowest BCUT2D eigenvalue weighted by Gasteiger charge is -2.51. The van der Waals surface area contributed by atoms with Crippen LogP contribution >= 0.6 is 0 Å². The number of carbonyl (C=O) groups is 1. The van der Waals surface area contributed by atoms with Crippen LogP contribution in [0.4, 0.5) is 4.79 Å². The maximum absolute atomic E-state index is 12.4. The number of fused-ring (bicyclic) bond motifs is 2. The quantitative estimate of drug-likeness (QED) is 0.803. The molecule has 1 amide bonds. The number of hydrogen-bond donors (Lipinski definition) is 1. The molecule has 2 bridgehead atoms. The van der Waals surface area contributed by atoms with Gasteiger partial charge in [0, 0.05) is 13.7 Å². The summed E-state index contributed by atoms with van der Waals surface area (Å²) in [6.45, 7) is 7.15. The Morgan fingerprint density at radius 1 is 1.32 bits per heavy atom. The van der Waals surface area contributed by atoms with Crippen molar-refractivity contribution >= 4 is 6.09 Å². The highest BCUT2D eigenvalue weighted by molar-refractivity contribution is 5.69. The molecular weight excluding hydrogens is 286 g/mol. The summed E-state index contributed by atoms with van der Waals surface area (Å²) < 4.78 is 16.2. The molecular formula is C16H29NO5. The lowest BCUT2D eigenvalue weighted by molar-refractivity contribution is -0.141. The fourth-order valence-corrected chi connectivity index (χ4v) is 3.44. The summed E-state index contributed by atoms with van der Waals surface area (Å²) in [5, 5.41) is 10.8. The molecule has 2 saturated heterocycles. The van der Waals surface area contributed by atoms with Gasteiger partial charge >= 0.3 is 6.09 Å². The maximum atomic E-state index is 12.4. The number of amides is 1. The zero-order valence-electron chi connectivity index (χ0n) is 14.1. The number of methoxy groups -OCH3 is 1. The Hall–Kier alpha value is -0.850. The van der Waals surface area contributed by atoms with Crippen molar-refractivity contribution in [1.29, 1.82) is 0 Å². The molecule has 0 aromatic carbocycles. The number of carbonyl (C=O) groups excluding carboxylic acids is 1. The summed E-state index contributed by atoms with van der Waals surface area (Å²) >= 11 is 0. The first-order chi connectivity index (χ1) is 10.2. The van der Waals surface area contributed by atoms with Gasteiger partial charge in [-0.15, -0.1) is 0 Å². The minimum atomic E-state index is -0.740.